The van der Waals surface area contributed by atoms with E-state index in [4.69, 9.17) is 4.74 Å². The third-order valence-electron chi connectivity index (χ3n) is 5.65. The van der Waals surface area contributed by atoms with Crippen molar-refractivity contribution >= 4 is 22.6 Å². The van der Waals surface area contributed by atoms with Crippen molar-refractivity contribution in [3.63, 3.8) is 0 Å². The van der Waals surface area contributed by atoms with Crippen LogP contribution in [0.5, 0.6) is 5.75 Å². The van der Waals surface area contributed by atoms with Gasteiger partial charge in [-0.1, -0.05) is 30.3 Å². The molecule has 5 rings (SSSR count). The average molecular weight is 454 g/mol. The number of carboxylic acids is 1. The predicted octanol–water partition coefficient (Wildman–Crippen LogP) is 4.67. The van der Waals surface area contributed by atoms with Gasteiger partial charge in [-0.05, 0) is 23.3 Å². The summed E-state index contributed by atoms with van der Waals surface area (Å²) in [5, 5.41) is 14.2. The first-order chi connectivity index (χ1) is 15.8. The van der Waals surface area contributed by atoms with E-state index in [9.17, 15) is 23.1 Å². The van der Waals surface area contributed by atoms with Crippen molar-refractivity contribution in [3.05, 3.63) is 77.2 Å². The summed E-state index contributed by atoms with van der Waals surface area (Å²) in [6, 6.07) is 13.0. The number of rotatable bonds is 5. The summed E-state index contributed by atoms with van der Waals surface area (Å²) >= 11 is 0. The highest BCUT2D eigenvalue weighted by Crippen LogP contribution is 2.41. The molecule has 33 heavy (non-hydrogen) atoms. The number of ether oxygens (including phenoxy) is 1. The van der Waals surface area contributed by atoms with Crippen LogP contribution in [0.25, 0.3) is 16.5 Å². The van der Waals surface area contributed by atoms with Gasteiger partial charge in [-0.3, -0.25) is 0 Å². The maximum Gasteiger partial charge on any atom is 0.434 e. The first kappa shape index (κ1) is 20.8. The fourth-order valence-corrected chi connectivity index (χ4v) is 4.20. The van der Waals surface area contributed by atoms with Gasteiger partial charge in [0.25, 0.3) is 0 Å². The summed E-state index contributed by atoms with van der Waals surface area (Å²) in [7, 11) is 1.59. The van der Waals surface area contributed by atoms with Gasteiger partial charge in [0.1, 0.15) is 17.1 Å². The normalized spacial score (nSPS) is 13.0. The fraction of sp³-hybridized carbons (Fsp3) is 0.174. The van der Waals surface area contributed by atoms with Gasteiger partial charge in [-0.25, -0.2) is 14.5 Å². The summed E-state index contributed by atoms with van der Waals surface area (Å²) < 4.78 is 47.1. The molecule has 0 saturated heterocycles. The van der Waals surface area contributed by atoms with E-state index < -0.39 is 23.4 Å². The molecule has 0 radical (unpaired) electrons. The van der Waals surface area contributed by atoms with Crippen LogP contribution in [0.2, 0.25) is 0 Å². The van der Waals surface area contributed by atoms with Gasteiger partial charge in [-0.2, -0.15) is 18.3 Å². The Hall–Kier alpha value is -4.08. The predicted molar refractivity (Wildman–Crippen MR) is 114 cm³/mol. The lowest BCUT2D eigenvalue weighted by Gasteiger charge is -2.19. The highest BCUT2D eigenvalue weighted by atomic mass is 19.4. The third kappa shape index (κ3) is 3.43. The van der Waals surface area contributed by atoms with Crippen LogP contribution in [0.4, 0.5) is 19.0 Å². The lowest BCUT2D eigenvalue weighted by Crippen LogP contribution is -2.19. The number of alkyl halides is 3. The van der Waals surface area contributed by atoms with Gasteiger partial charge in [-0.15, -0.1) is 0 Å². The van der Waals surface area contributed by atoms with E-state index in [0.29, 0.717) is 35.2 Å². The van der Waals surface area contributed by atoms with Crippen LogP contribution < -0.4 is 9.64 Å². The minimum absolute atomic E-state index is 0.0710. The SMILES string of the molecule is COc1ccc(CN2Cc3cccc4c(-n5ncc(C(=O)O)c5C(F)(F)F)cnc2c34)cc1. The number of methoxy groups -OCH3 is 1. The lowest BCUT2D eigenvalue weighted by molar-refractivity contribution is -0.143. The Bertz CT molecular complexity index is 1380. The van der Waals surface area contributed by atoms with Crippen LogP contribution in [0.3, 0.4) is 0 Å². The summed E-state index contributed by atoms with van der Waals surface area (Å²) in [5.41, 5.74) is -0.233. The molecule has 0 amide bonds. The van der Waals surface area contributed by atoms with Crippen molar-refractivity contribution in [2.45, 2.75) is 19.3 Å². The number of benzene rings is 2. The molecule has 0 aliphatic carbocycles. The average Bonchev–Trinajstić information content (AvgIpc) is 3.38. The van der Waals surface area contributed by atoms with E-state index in [0.717, 1.165) is 22.3 Å². The van der Waals surface area contributed by atoms with Gasteiger partial charge >= 0.3 is 12.1 Å². The number of anilines is 1. The molecule has 0 spiro atoms. The van der Waals surface area contributed by atoms with Gasteiger partial charge < -0.3 is 14.7 Å². The summed E-state index contributed by atoms with van der Waals surface area (Å²) in [6.07, 6.45) is -2.89. The number of carboxylic acid groups (broad SMARTS) is 1. The van der Waals surface area contributed by atoms with E-state index in [1.54, 1.807) is 19.2 Å². The van der Waals surface area contributed by atoms with Gasteiger partial charge in [0.05, 0.1) is 25.2 Å². The van der Waals surface area contributed by atoms with E-state index in [-0.39, 0.29) is 5.69 Å². The fourth-order valence-electron chi connectivity index (χ4n) is 4.20. The van der Waals surface area contributed by atoms with Crippen molar-refractivity contribution < 1.29 is 27.8 Å². The quantitative estimate of drug-likeness (QED) is 0.472. The van der Waals surface area contributed by atoms with Crippen molar-refractivity contribution in [3.8, 4) is 11.4 Å². The Labute approximate surface area is 185 Å². The second kappa shape index (κ2) is 7.51. The number of aromatic nitrogens is 3. The zero-order valence-electron chi connectivity index (χ0n) is 17.3. The molecule has 0 bridgehead atoms. The minimum Gasteiger partial charge on any atom is -0.497 e. The zero-order chi connectivity index (χ0) is 23.3. The van der Waals surface area contributed by atoms with Gasteiger partial charge in [0.15, 0.2) is 5.69 Å². The topological polar surface area (TPSA) is 80.5 Å². The zero-order valence-corrected chi connectivity index (χ0v) is 17.3. The van der Waals surface area contributed by atoms with Crippen molar-refractivity contribution in [2.24, 2.45) is 0 Å². The largest absolute Gasteiger partial charge is 0.497 e. The van der Waals surface area contributed by atoms with Crippen molar-refractivity contribution in [1.29, 1.82) is 0 Å². The van der Waals surface area contributed by atoms with E-state index in [1.807, 2.05) is 35.2 Å². The van der Waals surface area contributed by atoms with Crippen LogP contribution in [-0.4, -0.2) is 33.0 Å². The maximum atomic E-state index is 13.8. The molecule has 1 aliphatic heterocycles. The van der Waals surface area contributed by atoms with E-state index >= 15 is 0 Å². The Morgan fingerprint density at radius 1 is 1.15 bits per heavy atom. The van der Waals surface area contributed by atoms with Crippen LogP contribution >= 0.6 is 0 Å². The molecular formula is C23H17F3N4O3. The Kier molecular flexibility index (Phi) is 4.73. The van der Waals surface area contributed by atoms with Crippen LogP contribution in [-0.2, 0) is 19.3 Å². The number of nitrogens with zero attached hydrogens (tertiary/aromatic N) is 4. The number of hydrogen-bond donors (Lipinski definition) is 1. The molecule has 0 unspecified atom stereocenters. The second-order valence-electron chi connectivity index (χ2n) is 7.63. The molecule has 0 atom stereocenters. The number of hydrogen-bond acceptors (Lipinski definition) is 5. The first-order valence-corrected chi connectivity index (χ1v) is 9.95. The molecule has 0 saturated carbocycles. The Morgan fingerprint density at radius 2 is 1.91 bits per heavy atom. The van der Waals surface area contributed by atoms with Crippen LogP contribution in [0.1, 0.15) is 27.2 Å². The molecule has 1 N–H and O–H groups in total. The van der Waals surface area contributed by atoms with Crippen molar-refractivity contribution in [2.75, 3.05) is 12.0 Å². The Morgan fingerprint density at radius 3 is 2.58 bits per heavy atom. The number of aromatic carboxylic acids is 1. The van der Waals surface area contributed by atoms with Crippen LogP contribution in [0.15, 0.2) is 54.9 Å². The highest BCUT2D eigenvalue weighted by molar-refractivity contribution is 6.02. The number of halogens is 3. The highest BCUT2D eigenvalue weighted by Gasteiger charge is 2.41. The summed E-state index contributed by atoms with van der Waals surface area (Å²) in [6.45, 7) is 1.10. The molecule has 2 aromatic heterocycles. The molecule has 7 nitrogen and oxygen atoms in total. The smallest absolute Gasteiger partial charge is 0.434 e. The lowest BCUT2D eigenvalue weighted by atomic mass is 10.1. The monoisotopic (exact) mass is 454 g/mol. The second-order valence-corrected chi connectivity index (χ2v) is 7.63. The molecule has 3 heterocycles. The molecule has 2 aromatic carbocycles. The minimum atomic E-state index is -4.91. The molecular weight excluding hydrogens is 437 g/mol. The number of carbonyl (C=O) groups is 1. The van der Waals surface area contributed by atoms with Crippen LogP contribution in [0, 0.1) is 0 Å². The molecule has 10 heteroatoms. The number of pyridine rings is 1. The summed E-state index contributed by atoms with van der Waals surface area (Å²) in [4.78, 5) is 17.9. The summed E-state index contributed by atoms with van der Waals surface area (Å²) in [5.74, 6) is -0.300. The molecule has 1 aliphatic rings. The molecule has 4 aromatic rings. The van der Waals surface area contributed by atoms with E-state index in [1.165, 1.54) is 6.20 Å². The molecule has 0 fully saturated rings. The Balaban J connectivity index is 1.61. The molecule has 168 valence electrons. The maximum absolute atomic E-state index is 13.8. The van der Waals surface area contributed by atoms with Gasteiger partial charge in [0, 0.05) is 23.9 Å². The standard InChI is InChI=1S/C23H17F3N4O3/c1-33-15-7-5-13(6-8-15)11-29-12-14-3-2-4-16-18(10-27-21(29)19(14)16)30-20(23(24,25)26)17(9-28-30)22(31)32/h2-10H,11-12H2,1H3,(H,31,32). The third-order valence-corrected chi connectivity index (χ3v) is 5.65. The van der Waals surface area contributed by atoms with Gasteiger partial charge in [0.2, 0.25) is 0 Å². The van der Waals surface area contributed by atoms with Crippen molar-refractivity contribution in [1.82, 2.24) is 14.8 Å². The first-order valence-electron chi connectivity index (χ1n) is 9.95. The van der Waals surface area contributed by atoms with E-state index in [2.05, 4.69) is 10.1 Å².